The van der Waals surface area contributed by atoms with E-state index in [0.29, 0.717) is 23.0 Å². The van der Waals surface area contributed by atoms with E-state index in [1.807, 2.05) is 6.92 Å². The fraction of sp³-hybridized carbons (Fsp3) is 0.278. The summed E-state index contributed by atoms with van der Waals surface area (Å²) in [4.78, 5) is 23.3. The van der Waals surface area contributed by atoms with E-state index >= 15 is 0 Å². The molecule has 1 fully saturated rings. The molecule has 1 aromatic carbocycles. The first-order valence-corrected chi connectivity index (χ1v) is 11.5. The summed E-state index contributed by atoms with van der Waals surface area (Å²) in [7, 11) is -0.596. The third-order valence-corrected chi connectivity index (χ3v) is 7.31. The molecule has 28 heavy (non-hydrogen) atoms. The third kappa shape index (κ3) is 4.45. The van der Waals surface area contributed by atoms with E-state index in [-0.39, 0.29) is 16.1 Å². The van der Waals surface area contributed by atoms with Crippen LogP contribution in [0.4, 0.5) is 5.69 Å². The SMILES string of the molecule is CC1CN(C(=O)c2cncc(Br)c2)C(=Nc2cccc(S(=O)(=O)N(C)C)c2)S1. The molecule has 10 heteroatoms. The van der Waals surface area contributed by atoms with Crippen LogP contribution in [0.2, 0.25) is 0 Å². The predicted molar refractivity (Wildman–Crippen MR) is 114 cm³/mol. The van der Waals surface area contributed by atoms with Crippen molar-refractivity contribution >= 4 is 54.5 Å². The van der Waals surface area contributed by atoms with Crippen LogP contribution in [0.25, 0.3) is 0 Å². The second kappa shape index (κ2) is 8.32. The van der Waals surface area contributed by atoms with Crippen molar-refractivity contribution in [3.63, 3.8) is 0 Å². The number of rotatable bonds is 4. The number of sulfonamides is 1. The number of nitrogens with zero attached hydrogens (tertiary/aromatic N) is 4. The van der Waals surface area contributed by atoms with Gasteiger partial charge >= 0.3 is 0 Å². The summed E-state index contributed by atoms with van der Waals surface area (Å²) >= 11 is 4.81. The Balaban J connectivity index is 1.95. The summed E-state index contributed by atoms with van der Waals surface area (Å²) in [6, 6.07) is 8.11. The first-order valence-electron chi connectivity index (χ1n) is 8.39. The summed E-state index contributed by atoms with van der Waals surface area (Å²) < 4.78 is 26.6. The molecule has 1 unspecified atom stereocenters. The number of hydrogen-bond donors (Lipinski definition) is 0. The lowest BCUT2D eigenvalue weighted by molar-refractivity contribution is 0.0855. The van der Waals surface area contributed by atoms with E-state index in [0.717, 1.165) is 8.78 Å². The molecule has 0 spiro atoms. The molecule has 3 rings (SSSR count). The Hall–Kier alpha value is -1.75. The monoisotopic (exact) mass is 482 g/mol. The highest BCUT2D eigenvalue weighted by atomic mass is 79.9. The molecule has 148 valence electrons. The fourth-order valence-electron chi connectivity index (χ4n) is 2.59. The largest absolute Gasteiger partial charge is 0.286 e. The number of carbonyl (C=O) groups is 1. The number of hydrogen-bond acceptors (Lipinski definition) is 6. The maximum absolute atomic E-state index is 12.9. The second-order valence-corrected chi connectivity index (χ2v) is 10.9. The average Bonchev–Trinajstić information content (AvgIpc) is 3.01. The molecule has 2 aromatic rings. The molecule has 0 aliphatic carbocycles. The van der Waals surface area contributed by atoms with Gasteiger partial charge in [0.25, 0.3) is 5.91 Å². The molecule has 0 radical (unpaired) electrons. The topological polar surface area (TPSA) is 82.9 Å². The van der Waals surface area contributed by atoms with Crippen LogP contribution in [0, 0.1) is 0 Å². The molecule has 1 amide bonds. The Kier molecular flexibility index (Phi) is 6.23. The smallest absolute Gasteiger partial charge is 0.261 e. The molecule has 0 bridgehead atoms. The quantitative estimate of drug-likeness (QED) is 0.666. The number of carbonyl (C=O) groups excluding carboxylic acids is 1. The van der Waals surface area contributed by atoms with Gasteiger partial charge in [-0.3, -0.25) is 14.7 Å². The fourth-order valence-corrected chi connectivity index (χ4v) is 4.92. The number of aromatic nitrogens is 1. The normalized spacial score (nSPS) is 18.8. The van der Waals surface area contributed by atoms with Crippen LogP contribution in [0.15, 0.2) is 57.1 Å². The van der Waals surface area contributed by atoms with Crippen molar-refractivity contribution in [3.05, 3.63) is 52.8 Å². The van der Waals surface area contributed by atoms with Crippen molar-refractivity contribution in [2.75, 3.05) is 20.6 Å². The van der Waals surface area contributed by atoms with Gasteiger partial charge in [0.2, 0.25) is 10.0 Å². The summed E-state index contributed by atoms with van der Waals surface area (Å²) in [5.41, 5.74) is 0.936. The van der Waals surface area contributed by atoms with Gasteiger partial charge in [0, 0.05) is 42.8 Å². The maximum Gasteiger partial charge on any atom is 0.261 e. The van der Waals surface area contributed by atoms with Crippen LogP contribution in [0.3, 0.4) is 0 Å². The van der Waals surface area contributed by atoms with Crippen molar-refractivity contribution < 1.29 is 13.2 Å². The van der Waals surface area contributed by atoms with E-state index in [4.69, 9.17) is 0 Å². The molecule has 1 atom stereocenters. The van der Waals surface area contributed by atoms with Crippen molar-refractivity contribution in [1.29, 1.82) is 0 Å². The van der Waals surface area contributed by atoms with Crippen molar-refractivity contribution in [3.8, 4) is 0 Å². The molecule has 1 saturated heterocycles. The minimum Gasteiger partial charge on any atom is -0.286 e. The lowest BCUT2D eigenvalue weighted by Crippen LogP contribution is -2.32. The van der Waals surface area contributed by atoms with Gasteiger partial charge in [0.05, 0.1) is 16.1 Å². The Bertz CT molecular complexity index is 1040. The molecule has 1 aromatic heterocycles. The van der Waals surface area contributed by atoms with Gasteiger partial charge in [-0.1, -0.05) is 24.8 Å². The van der Waals surface area contributed by atoms with Gasteiger partial charge in [0.15, 0.2) is 5.17 Å². The number of thioether (sulfide) groups is 1. The van der Waals surface area contributed by atoms with Crippen LogP contribution in [0.5, 0.6) is 0 Å². The lowest BCUT2D eigenvalue weighted by Gasteiger charge is -2.16. The molecular weight excluding hydrogens is 464 g/mol. The molecule has 1 aliphatic heterocycles. The second-order valence-electron chi connectivity index (χ2n) is 6.42. The first kappa shape index (κ1) is 21.0. The molecule has 2 heterocycles. The maximum atomic E-state index is 12.9. The van der Waals surface area contributed by atoms with Gasteiger partial charge < -0.3 is 0 Å². The van der Waals surface area contributed by atoms with E-state index in [2.05, 4.69) is 25.9 Å². The van der Waals surface area contributed by atoms with Crippen LogP contribution >= 0.6 is 27.7 Å². The Morgan fingerprint density at radius 1 is 1.32 bits per heavy atom. The minimum atomic E-state index is -3.56. The molecule has 0 saturated carbocycles. The summed E-state index contributed by atoms with van der Waals surface area (Å²) in [6.45, 7) is 2.53. The van der Waals surface area contributed by atoms with Gasteiger partial charge in [-0.25, -0.2) is 17.7 Å². The van der Waals surface area contributed by atoms with E-state index < -0.39 is 10.0 Å². The van der Waals surface area contributed by atoms with Crippen LogP contribution in [-0.2, 0) is 10.0 Å². The molecular formula is C18H19BrN4O3S2. The lowest BCUT2D eigenvalue weighted by atomic mass is 10.2. The Morgan fingerprint density at radius 2 is 2.07 bits per heavy atom. The zero-order chi connectivity index (χ0) is 20.5. The number of amidine groups is 1. The van der Waals surface area contributed by atoms with E-state index in [9.17, 15) is 13.2 Å². The zero-order valence-corrected chi connectivity index (χ0v) is 18.8. The van der Waals surface area contributed by atoms with E-state index in [1.54, 1.807) is 29.3 Å². The Labute approximate surface area is 177 Å². The highest BCUT2D eigenvalue weighted by Gasteiger charge is 2.31. The number of halogens is 1. The summed E-state index contributed by atoms with van der Waals surface area (Å²) in [6.07, 6.45) is 3.13. The van der Waals surface area contributed by atoms with Gasteiger partial charge in [-0.2, -0.15) is 0 Å². The van der Waals surface area contributed by atoms with Crippen molar-refractivity contribution in [2.45, 2.75) is 17.1 Å². The predicted octanol–water partition coefficient (Wildman–Crippen LogP) is 3.36. The van der Waals surface area contributed by atoms with Gasteiger partial charge in [0.1, 0.15) is 0 Å². The highest BCUT2D eigenvalue weighted by molar-refractivity contribution is 9.10. The van der Waals surface area contributed by atoms with Crippen LogP contribution in [0.1, 0.15) is 17.3 Å². The third-order valence-electron chi connectivity index (χ3n) is 4.00. The molecule has 1 aliphatic rings. The van der Waals surface area contributed by atoms with Gasteiger partial charge in [-0.15, -0.1) is 0 Å². The number of pyridine rings is 1. The van der Waals surface area contributed by atoms with Crippen LogP contribution in [-0.4, -0.2) is 59.6 Å². The standard InChI is InChI=1S/C18H19BrN4O3S2/c1-12-11-23(17(24)13-7-14(19)10-20-9-13)18(27-12)21-15-5-4-6-16(8-15)28(25,26)22(2)3/h4-10,12H,11H2,1-3H3. The minimum absolute atomic E-state index is 0.157. The van der Waals surface area contributed by atoms with E-state index in [1.165, 1.54) is 44.2 Å². The van der Waals surface area contributed by atoms with Crippen LogP contribution < -0.4 is 0 Å². The Morgan fingerprint density at radius 3 is 2.75 bits per heavy atom. The van der Waals surface area contributed by atoms with Crippen molar-refractivity contribution in [1.82, 2.24) is 14.2 Å². The van der Waals surface area contributed by atoms with Gasteiger partial charge in [-0.05, 0) is 40.2 Å². The van der Waals surface area contributed by atoms with Crippen molar-refractivity contribution in [2.24, 2.45) is 4.99 Å². The first-order chi connectivity index (χ1) is 13.2. The summed E-state index contributed by atoms with van der Waals surface area (Å²) in [5, 5.41) is 0.716. The number of amides is 1. The average molecular weight is 483 g/mol. The highest BCUT2D eigenvalue weighted by Crippen LogP contribution is 2.30. The zero-order valence-electron chi connectivity index (χ0n) is 15.5. The number of aliphatic imine (C=N–C) groups is 1. The molecule has 7 nitrogen and oxygen atoms in total. The number of benzene rings is 1. The summed E-state index contributed by atoms with van der Waals surface area (Å²) in [5.74, 6) is -0.193. The molecule has 0 N–H and O–H groups in total.